The Bertz CT molecular complexity index is 969. The van der Waals surface area contributed by atoms with E-state index in [0.717, 1.165) is 31.3 Å². The number of hydrogen-bond donors (Lipinski definition) is 1. The van der Waals surface area contributed by atoms with Crippen molar-refractivity contribution in [1.29, 1.82) is 0 Å². The molecule has 0 spiro atoms. The van der Waals surface area contributed by atoms with Crippen LogP contribution in [-0.4, -0.2) is 40.0 Å². The molecule has 3 fully saturated rings. The number of carbonyl (C=O) groups is 4. The monoisotopic (exact) mass is 502 g/mol. The molecule has 7 nitrogen and oxygen atoms in total. The van der Waals surface area contributed by atoms with Crippen LogP contribution in [0.25, 0.3) is 0 Å². The number of ketones is 2. The second-order valence-electron chi connectivity index (χ2n) is 12.1. The molecule has 0 radical (unpaired) electrons. The molecule has 3 saturated carbocycles. The van der Waals surface area contributed by atoms with E-state index in [1.807, 2.05) is 0 Å². The normalized spacial score (nSPS) is 41.4. The van der Waals surface area contributed by atoms with Crippen LogP contribution in [0.1, 0.15) is 98.8 Å². The molecule has 4 unspecified atom stereocenters. The van der Waals surface area contributed by atoms with Gasteiger partial charge in [0.2, 0.25) is 5.79 Å². The second-order valence-corrected chi connectivity index (χ2v) is 12.1. The Balaban J connectivity index is 1.68. The van der Waals surface area contributed by atoms with Gasteiger partial charge in [-0.05, 0) is 75.2 Å². The third kappa shape index (κ3) is 4.25. The highest BCUT2D eigenvalue weighted by molar-refractivity contribution is 5.92. The van der Waals surface area contributed by atoms with E-state index in [0.29, 0.717) is 25.7 Å². The van der Waals surface area contributed by atoms with Gasteiger partial charge in [0.05, 0.1) is 6.42 Å². The minimum absolute atomic E-state index is 0.00435. The number of ether oxygens (including phenoxy) is 2. The van der Waals surface area contributed by atoms with Crippen LogP contribution < -0.4 is 0 Å². The summed E-state index contributed by atoms with van der Waals surface area (Å²) in [5.74, 6) is -3.13. The molecule has 0 amide bonds. The first kappa shape index (κ1) is 27.0. The summed E-state index contributed by atoms with van der Waals surface area (Å²) >= 11 is 0. The average molecular weight is 503 g/mol. The molecule has 36 heavy (non-hydrogen) atoms. The molecule has 4 rings (SSSR count). The van der Waals surface area contributed by atoms with E-state index < -0.39 is 34.7 Å². The molecule has 0 bridgehead atoms. The molecule has 7 heteroatoms. The van der Waals surface area contributed by atoms with E-state index in [9.17, 15) is 24.3 Å². The van der Waals surface area contributed by atoms with Crippen LogP contribution in [0.2, 0.25) is 0 Å². The van der Waals surface area contributed by atoms with Crippen LogP contribution in [0.5, 0.6) is 0 Å². The van der Waals surface area contributed by atoms with Gasteiger partial charge in [-0.25, -0.2) is 0 Å². The van der Waals surface area contributed by atoms with Gasteiger partial charge in [-0.15, -0.1) is 0 Å². The smallest absolute Gasteiger partial charge is 0.308 e. The van der Waals surface area contributed by atoms with Crippen molar-refractivity contribution in [3.63, 3.8) is 0 Å². The maximum Gasteiger partial charge on any atom is 0.308 e. The summed E-state index contributed by atoms with van der Waals surface area (Å²) in [6.45, 7) is 9.17. The Hall–Kier alpha value is -2.02. The first-order valence-electron chi connectivity index (χ1n) is 13.8. The van der Waals surface area contributed by atoms with Gasteiger partial charge in [-0.3, -0.25) is 19.2 Å². The molecular formula is C29H42O7. The van der Waals surface area contributed by atoms with Crippen molar-refractivity contribution in [3.8, 4) is 0 Å². The second kappa shape index (κ2) is 9.70. The highest BCUT2D eigenvalue weighted by Gasteiger charge is 2.69. The standard InChI is InChI=1S/C29H42O7/c1-6-7-8-9-24(33)36-29(34)16-21(32)14-20-10-11-22-23-12-13-28(18(3)30,35-19(4)31)27(23,5)15-17(2)25(22)26(20)29/h14,17,22-23,25-26,34H,6-13,15-16H2,1-5H3/t17-,22?,23-,25-,26?,27?,28-,29?/m0/s1. The van der Waals surface area contributed by atoms with Gasteiger partial charge in [0.25, 0.3) is 0 Å². The van der Waals surface area contributed by atoms with Crippen LogP contribution in [0, 0.1) is 35.0 Å². The molecule has 1 N–H and O–H groups in total. The largest absolute Gasteiger partial charge is 0.451 e. The average Bonchev–Trinajstić information content (AvgIpc) is 3.05. The van der Waals surface area contributed by atoms with E-state index >= 15 is 0 Å². The number of hydrogen-bond acceptors (Lipinski definition) is 7. The molecular weight excluding hydrogens is 460 g/mol. The Morgan fingerprint density at radius 1 is 1.14 bits per heavy atom. The lowest BCUT2D eigenvalue weighted by Gasteiger charge is -2.59. The number of carbonyl (C=O) groups excluding carboxylic acids is 4. The molecule has 0 aromatic rings. The Morgan fingerprint density at radius 3 is 2.50 bits per heavy atom. The summed E-state index contributed by atoms with van der Waals surface area (Å²) in [6.07, 6.45) is 7.64. The fraction of sp³-hybridized carbons (Fsp3) is 0.793. The molecule has 200 valence electrons. The molecule has 0 aromatic heterocycles. The quantitative estimate of drug-likeness (QED) is 0.306. The van der Waals surface area contributed by atoms with Gasteiger partial charge < -0.3 is 14.6 Å². The minimum Gasteiger partial charge on any atom is -0.451 e. The predicted molar refractivity (Wildman–Crippen MR) is 132 cm³/mol. The number of unbranched alkanes of at least 4 members (excludes halogenated alkanes) is 2. The maximum absolute atomic E-state index is 13.0. The van der Waals surface area contributed by atoms with Crippen molar-refractivity contribution < 1.29 is 33.8 Å². The van der Waals surface area contributed by atoms with Gasteiger partial charge in [-0.1, -0.05) is 39.2 Å². The molecule has 0 aliphatic heterocycles. The highest BCUT2D eigenvalue weighted by Crippen LogP contribution is 2.68. The number of aliphatic hydroxyl groups is 1. The van der Waals surface area contributed by atoms with E-state index in [1.54, 1.807) is 6.08 Å². The van der Waals surface area contributed by atoms with E-state index in [4.69, 9.17) is 9.47 Å². The van der Waals surface area contributed by atoms with Crippen molar-refractivity contribution in [2.45, 2.75) is 110 Å². The number of esters is 2. The molecule has 4 aliphatic rings. The van der Waals surface area contributed by atoms with E-state index in [2.05, 4.69) is 20.8 Å². The van der Waals surface area contributed by atoms with Crippen molar-refractivity contribution in [2.75, 3.05) is 0 Å². The van der Waals surface area contributed by atoms with E-state index in [1.165, 1.54) is 13.8 Å². The lowest BCUT2D eigenvalue weighted by Crippen LogP contribution is -2.62. The minimum atomic E-state index is -1.85. The predicted octanol–water partition coefficient (Wildman–Crippen LogP) is 4.69. The summed E-state index contributed by atoms with van der Waals surface area (Å²) < 4.78 is 11.6. The number of Topliss-reactive ketones (excluding diaryl/α,β-unsaturated/α-hetero) is 1. The van der Waals surface area contributed by atoms with Crippen LogP contribution >= 0.6 is 0 Å². The first-order valence-corrected chi connectivity index (χ1v) is 13.8. The SMILES string of the molecule is CCCCCC(=O)OC1(O)CC(=O)C=C2CCC3[C@@H](C21)[C@@H](C)CC1(C)[C@H]3CC[C@]1(OC(C)=O)C(C)=O. The first-order chi connectivity index (χ1) is 16.9. The number of rotatable bonds is 7. The Kier molecular flexibility index (Phi) is 7.28. The highest BCUT2D eigenvalue weighted by atomic mass is 16.7. The fourth-order valence-corrected chi connectivity index (χ4v) is 8.77. The molecule has 8 atom stereocenters. The van der Waals surface area contributed by atoms with E-state index in [-0.39, 0.29) is 48.1 Å². The van der Waals surface area contributed by atoms with Gasteiger partial charge >= 0.3 is 11.9 Å². The molecule has 0 heterocycles. The van der Waals surface area contributed by atoms with Gasteiger partial charge in [0.15, 0.2) is 17.2 Å². The lowest BCUT2D eigenvalue weighted by molar-refractivity contribution is -0.252. The van der Waals surface area contributed by atoms with Gasteiger partial charge in [0.1, 0.15) is 0 Å². The third-order valence-corrected chi connectivity index (χ3v) is 9.93. The van der Waals surface area contributed by atoms with Crippen LogP contribution in [-0.2, 0) is 28.7 Å². The maximum atomic E-state index is 13.0. The zero-order valence-corrected chi connectivity index (χ0v) is 22.4. The van der Waals surface area contributed by atoms with Crippen molar-refractivity contribution in [1.82, 2.24) is 0 Å². The fourth-order valence-electron chi connectivity index (χ4n) is 8.77. The molecule has 0 aromatic carbocycles. The summed E-state index contributed by atoms with van der Waals surface area (Å²) in [4.78, 5) is 50.4. The van der Waals surface area contributed by atoms with Crippen LogP contribution in [0.4, 0.5) is 0 Å². The zero-order valence-electron chi connectivity index (χ0n) is 22.4. The van der Waals surface area contributed by atoms with Gasteiger partial charge in [0, 0.05) is 24.7 Å². The summed E-state index contributed by atoms with van der Waals surface area (Å²) in [5.41, 5.74) is -0.766. The summed E-state index contributed by atoms with van der Waals surface area (Å²) in [5, 5.41) is 11.8. The molecule has 0 saturated heterocycles. The number of fused-ring (bicyclic) bond motifs is 5. The topological polar surface area (TPSA) is 107 Å². The van der Waals surface area contributed by atoms with Crippen molar-refractivity contribution >= 4 is 23.5 Å². The third-order valence-electron chi connectivity index (χ3n) is 9.93. The van der Waals surface area contributed by atoms with Gasteiger partial charge in [-0.2, -0.15) is 0 Å². The summed E-state index contributed by atoms with van der Waals surface area (Å²) in [6, 6.07) is 0. The molecule has 4 aliphatic carbocycles. The Labute approximate surface area is 214 Å². The zero-order chi connectivity index (χ0) is 26.5. The van der Waals surface area contributed by atoms with Crippen LogP contribution in [0.15, 0.2) is 11.6 Å². The Morgan fingerprint density at radius 2 is 1.86 bits per heavy atom. The van der Waals surface area contributed by atoms with Crippen molar-refractivity contribution in [2.24, 2.45) is 35.0 Å². The lowest BCUT2D eigenvalue weighted by atomic mass is 9.46. The van der Waals surface area contributed by atoms with Crippen LogP contribution in [0.3, 0.4) is 0 Å². The van der Waals surface area contributed by atoms with Crippen molar-refractivity contribution in [3.05, 3.63) is 11.6 Å². The summed E-state index contributed by atoms with van der Waals surface area (Å²) in [7, 11) is 0.